The average Bonchev–Trinajstić information content (AvgIpc) is 2.22. The zero-order valence-electron chi connectivity index (χ0n) is 9.01. The van der Waals surface area contributed by atoms with Crippen molar-refractivity contribution in [2.45, 2.75) is 31.5 Å². The molecule has 1 aromatic carbocycles. The van der Waals surface area contributed by atoms with E-state index in [1.54, 1.807) is 6.07 Å². The van der Waals surface area contributed by atoms with E-state index in [-0.39, 0.29) is 11.6 Å². The molecule has 0 atom stereocenters. The predicted octanol–water partition coefficient (Wildman–Crippen LogP) is 3.54. The van der Waals surface area contributed by atoms with E-state index in [0.29, 0.717) is 5.69 Å². The van der Waals surface area contributed by atoms with Crippen molar-refractivity contribution < 1.29 is 13.2 Å². The van der Waals surface area contributed by atoms with Crippen LogP contribution in [0.5, 0.6) is 0 Å². The van der Waals surface area contributed by atoms with Gasteiger partial charge in [0.05, 0.1) is 17.2 Å². The standard InChI is InChI=1S/C12H11F3N2/c13-12(14,15)9-4-8(7-16)5-11(6-9)17-10-2-1-3-10/h4-6,10,17H,1-3H2. The fourth-order valence-electron chi connectivity index (χ4n) is 1.73. The number of hydrogen-bond acceptors (Lipinski definition) is 2. The van der Waals surface area contributed by atoms with Crippen LogP contribution in [-0.4, -0.2) is 6.04 Å². The Kier molecular flexibility index (Phi) is 2.97. The van der Waals surface area contributed by atoms with Crippen LogP contribution in [0.2, 0.25) is 0 Å². The van der Waals surface area contributed by atoms with Gasteiger partial charge in [-0.15, -0.1) is 0 Å². The average molecular weight is 240 g/mol. The van der Waals surface area contributed by atoms with Gasteiger partial charge in [0.1, 0.15) is 0 Å². The monoisotopic (exact) mass is 240 g/mol. The van der Waals surface area contributed by atoms with Gasteiger partial charge in [0.15, 0.2) is 0 Å². The minimum atomic E-state index is -4.41. The molecule has 1 aromatic rings. The van der Waals surface area contributed by atoms with Gasteiger partial charge < -0.3 is 5.32 Å². The number of nitriles is 1. The Bertz CT molecular complexity index is 456. The van der Waals surface area contributed by atoms with Gasteiger partial charge in [-0.1, -0.05) is 0 Å². The van der Waals surface area contributed by atoms with Crippen molar-refractivity contribution in [3.05, 3.63) is 29.3 Å². The highest BCUT2D eigenvalue weighted by Crippen LogP contribution is 2.33. The normalized spacial score (nSPS) is 16.1. The molecule has 1 aliphatic rings. The number of rotatable bonds is 2. The van der Waals surface area contributed by atoms with E-state index in [9.17, 15) is 13.2 Å². The second-order valence-electron chi connectivity index (χ2n) is 4.18. The first-order chi connectivity index (χ1) is 7.99. The number of hydrogen-bond donors (Lipinski definition) is 1. The summed E-state index contributed by atoms with van der Waals surface area (Å²) in [5.41, 5.74) is -0.374. The van der Waals surface area contributed by atoms with Crippen LogP contribution in [0, 0.1) is 11.3 Å². The summed E-state index contributed by atoms with van der Waals surface area (Å²) in [7, 11) is 0. The second kappa shape index (κ2) is 4.28. The predicted molar refractivity (Wildman–Crippen MR) is 57.4 cm³/mol. The van der Waals surface area contributed by atoms with Crippen molar-refractivity contribution >= 4 is 5.69 Å². The maximum Gasteiger partial charge on any atom is 0.416 e. The SMILES string of the molecule is N#Cc1cc(NC2CCC2)cc(C(F)(F)F)c1. The lowest BCUT2D eigenvalue weighted by molar-refractivity contribution is -0.137. The van der Waals surface area contributed by atoms with E-state index in [1.165, 1.54) is 6.07 Å². The Hall–Kier alpha value is -1.70. The highest BCUT2D eigenvalue weighted by molar-refractivity contribution is 5.53. The minimum Gasteiger partial charge on any atom is -0.382 e. The van der Waals surface area contributed by atoms with Crippen LogP contribution in [0.3, 0.4) is 0 Å². The van der Waals surface area contributed by atoms with Crippen LogP contribution in [0.15, 0.2) is 18.2 Å². The lowest BCUT2D eigenvalue weighted by Gasteiger charge is -2.27. The molecule has 0 heterocycles. The number of nitrogens with zero attached hydrogens (tertiary/aromatic N) is 1. The molecular formula is C12H11F3N2. The Morgan fingerprint density at radius 1 is 1.24 bits per heavy atom. The van der Waals surface area contributed by atoms with Gasteiger partial charge >= 0.3 is 6.18 Å². The third kappa shape index (κ3) is 2.70. The first kappa shape index (κ1) is 11.8. The van der Waals surface area contributed by atoms with Crippen LogP contribution in [0.25, 0.3) is 0 Å². The largest absolute Gasteiger partial charge is 0.416 e. The summed E-state index contributed by atoms with van der Waals surface area (Å²) in [5, 5.41) is 11.7. The van der Waals surface area contributed by atoms with Gasteiger partial charge in [-0.25, -0.2) is 0 Å². The fourth-order valence-corrected chi connectivity index (χ4v) is 1.73. The van der Waals surface area contributed by atoms with Crippen molar-refractivity contribution in [3.63, 3.8) is 0 Å². The molecule has 0 unspecified atom stereocenters. The van der Waals surface area contributed by atoms with Crippen molar-refractivity contribution in [2.24, 2.45) is 0 Å². The van der Waals surface area contributed by atoms with Crippen LogP contribution in [-0.2, 0) is 6.18 Å². The van der Waals surface area contributed by atoms with E-state index in [0.717, 1.165) is 31.4 Å². The summed E-state index contributed by atoms with van der Waals surface area (Å²) < 4.78 is 37.7. The second-order valence-corrected chi connectivity index (χ2v) is 4.18. The first-order valence-corrected chi connectivity index (χ1v) is 5.38. The van der Waals surface area contributed by atoms with Crippen molar-refractivity contribution in [3.8, 4) is 6.07 Å². The van der Waals surface area contributed by atoms with Crippen LogP contribution in [0.4, 0.5) is 18.9 Å². The van der Waals surface area contributed by atoms with Gasteiger partial charge in [0.25, 0.3) is 0 Å². The number of nitrogens with one attached hydrogen (secondary N) is 1. The third-order valence-electron chi connectivity index (χ3n) is 2.87. The molecule has 1 fully saturated rings. The van der Waals surface area contributed by atoms with Gasteiger partial charge in [-0.05, 0) is 37.5 Å². The maximum atomic E-state index is 12.6. The summed E-state index contributed by atoms with van der Waals surface area (Å²) in [6.07, 6.45) is -1.37. The molecule has 2 nitrogen and oxygen atoms in total. The maximum absolute atomic E-state index is 12.6. The molecule has 0 aromatic heterocycles. The van der Waals surface area contributed by atoms with Gasteiger partial charge in [-0.3, -0.25) is 0 Å². The molecule has 17 heavy (non-hydrogen) atoms. The Balaban J connectivity index is 2.28. The zero-order chi connectivity index (χ0) is 12.5. The Morgan fingerprint density at radius 2 is 1.94 bits per heavy atom. The molecule has 1 N–H and O–H groups in total. The van der Waals surface area contributed by atoms with Gasteiger partial charge in [-0.2, -0.15) is 18.4 Å². The summed E-state index contributed by atoms with van der Waals surface area (Å²) in [4.78, 5) is 0. The molecule has 0 bridgehead atoms. The first-order valence-electron chi connectivity index (χ1n) is 5.38. The summed E-state index contributed by atoms with van der Waals surface area (Å²) >= 11 is 0. The molecule has 90 valence electrons. The summed E-state index contributed by atoms with van der Waals surface area (Å²) in [6, 6.07) is 5.36. The number of benzene rings is 1. The van der Waals surface area contributed by atoms with Crippen molar-refractivity contribution in [1.29, 1.82) is 5.26 Å². The molecule has 0 aliphatic heterocycles. The molecule has 1 saturated carbocycles. The summed E-state index contributed by atoms with van der Waals surface area (Å²) in [5.74, 6) is 0. The topological polar surface area (TPSA) is 35.8 Å². The number of anilines is 1. The van der Waals surface area contributed by atoms with E-state index < -0.39 is 11.7 Å². The smallest absolute Gasteiger partial charge is 0.382 e. The van der Waals surface area contributed by atoms with E-state index in [4.69, 9.17) is 5.26 Å². The van der Waals surface area contributed by atoms with Crippen molar-refractivity contribution in [1.82, 2.24) is 0 Å². The van der Waals surface area contributed by atoms with Crippen LogP contribution in [0.1, 0.15) is 30.4 Å². The van der Waals surface area contributed by atoms with Crippen LogP contribution < -0.4 is 5.32 Å². The lowest BCUT2D eigenvalue weighted by Crippen LogP contribution is -2.27. The number of halogens is 3. The minimum absolute atomic E-state index is 0.0293. The summed E-state index contributed by atoms with van der Waals surface area (Å²) in [6.45, 7) is 0. The van der Waals surface area contributed by atoms with Gasteiger partial charge in [0, 0.05) is 11.7 Å². The molecule has 5 heteroatoms. The Labute approximate surface area is 97.1 Å². The van der Waals surface area contributed by atoms with Gasteiger partial charge in [0.2, 0.25) is 0 Å². The highest BCUT2D eigenvalue weighted by atomic mass is 19.4. The molecule has 0 amide bonds. The third-order valence-corrected chi connectivity index (χ3v) is 2.87. The van der Waals surface area contributed by atoms with E-state index in [1.807, 2.05) is 0 Å². The quantitative estimate of drug-likeness (QED) is 0.858. The molecule has 2 rings (SSSR count). The number of alkyl halides is 3. The molecule has 1 aliphatic carbocycles. The van der Waals surface area contributed by atoms with Crippen LogP contribution >= 0.6 is 0 Å². The molecular weight excluding hydrogens is 229 g/mol. The zero-order valence-corrected chi connectivity index (χ0v) is 9.01. The van der Waals surface area contributed by atoms with Crippen molar-refractivity contribution in [2.75, 3.05) is 5.32 Å². The molecule has 0 radical (unpaired) electrons. The fraction of sp³-hybridized carbons (Fsp3) is 0.417. The Morgan fingerprint density at radius 3 is 2.41 bits per heavy atom. The highest BCUT2D eigenvalue weighted by Gasteiger charge is 2.31. The van der Waals surface area contributed by atoms with E-state index in [2.05, 4.69) is 5.32 Å². The molecule has 0 spiro atoms. The van der Waals surface area contributed by atoms with E-state index >= 15 is 0 Å². The molecule has 0 saturated heterocycles. The lowest BCUT2D eigenvalue weighted by atomic mass is 9.93.